The third-order valence-electron chi connectivity index (χ3n) is 2.76. The summed E-state index contributed by atoms with van der Waals surface area (Å²) in [7, 11) is -7.56. The van der Waals surface area contributed by atoms with Gasteiger partial charge in [0.15, 0.2) is 0 Å². The van der Waals surface area contributed by atoms with E-state index in [1.54, 1.807) is 4.74 Å². The molecule has 0 aromatic rings. The maximum absolute atomic E-state index is 13.7. The first kappa shape index (κ1) is 28.5. The molecule has 0 radical (unpaired) electrons. The number of sulfone groups is 1. The molecule has 0 N–H and O–H groups in total. The van der Waals surface area contributed by atoms with Gasteiger partial charge in [-0.2, -0.15) is 70.2 Å². The summed E-state index contributed by atoms with van der Waals surface area (Å²) in [4.78, 5) is 11.0. The van der Waals surface area contributed by atoms with E-state index in [1.165, 1.54) is 0 Å². The summed E-state index contributed by atoms with van der Waals surface area (Å²) in [5, 5.41) is -7.10. The van der Waals surface area contributed by atoms with Crippen molar-refractivity contribution in [1.29, 1.82) is 0 Å². The molecule has 0 rings (SSSR count). The molecule has 0 amide bonds. The van der Waals surface area contributed by atoms with Crippen LogP contribution in [-0.2, 0) is 19.4 Å². The van der Waals surface area contributed by atoms with Crippen LogP contribution in [0.25, 0.3) is 0 Å². The zero-order chi connectivity index (χ0) is 25.0. The van der Waals surface area contributed by atoms with Crippen molar-refractivity contribution in [3.05, 3.63) is 0 Å². The number of hydrogen-bond acceptors (Lipinski definition) is 4. The van der Waals surface area contributed by atoms with Gasteiger partial charge in [0.25, 0.3) is 0 Å². The predicted octanol–water partition coefficient (Wildman–Crippen LogP) is 4.16. The normalized spacial score (nSPS) is 17.6. The van der Waals surface area contributed by atoms with Gasteiger partial charge >= 0.3 is 41.7 Å². The second-order valence-corrected chi connectivity index (χ2v) is 7.01. The molecule has 0 bridgehead atoms. The number of Topliss-reactive ketones (excluding diaryl/α,β-unsaturated/α-hetero) is 1. The highest BCUT2D eigenvalue weighted by Crippen LogP contribution is 2.51. The Bertz CT molecular complexity index is 759. The van der Waals surface area contributed by atoms with Crippen molar-refractivity contribution < 1.29 is 88.2 Å². The van der Waals surface area contributed by atoms with Crippen molar-refractivity contribution in [3.63, 3.8) is 0 Å². The number of ether oxygens (including phenoxy) is 1. The van der Waals surface area contributed by atoms with E-state index in [1.807, 2.05) is 0 Å². The lowest BCUT2D eigenvalue weighted by Gasteiger charge is -2.34. The van der Waals surface area contributed by atoms with E-state index in [0.717, 1.165) is 0 Å². The highest BCUT2D eigenvalue weighted by Gasteiger charge is 2.80. The van der Waals surface area contributed by atoms with Crippen molar-refractivity contribution in [3.8, 4) is 0 Å². The molecule has 0 fully saturated rings. The average molecular weight is 510 g/mol. The van der Waals surface area contributed by atoms with Gasteiger partial charge in [-0.1, -0.05) is 0 Å². The number of carbonyl (C=O) groups excluding carboxylic acids is 1. The Hall–Kier alpha value is -1.54. The molecular formula is C9H2F16O4S. The largest absolute Gasteiger partial charge is 0.469 e. The van der Waals surface area contributed by atoms with Crippen LogP contribution in [0, 0.1) is 0 Å². The molecule has 4 nitrogen and oxygen atoms in total. The molecule has 0 saturated carbocycles. The first-order valence-corrected chi connectivity index (χ1v) is 7.72. The highest BCUT2D eigenvalue weighted by atomic mass is 32.2. The summed E-state index contributed by atoms with van der Waals surface area (Å²) < 4.78 is 222. The molecule has 1 atom stereocenters. The molecule has 0 heterocycles. The fourth-order valence-corrected chi connectivity index (χ4v) is 2.28. The van der Waals surface area contributed by atoms with Crippen LogP contribution >= 0.6 is 0 Å². The van der Waals surface area contributed by atoms with E-state index in [0.29, 0.717) is 0 Å². The molecule has 0 spiro atoms. The van der Waals surface area contributed by atoms with E-state index in [-0.39, 0.29) is 0 Å². The molecule has 0 aliphatic heterocycles. The number of hydrogen-bond donors (Lipinski definition) is 0. The van der Waals surface area contributed by atoms with Crippen molar-refractivity contribution in [2.75, 3.05) is 5.75 Å². The highest BCUT2D eigenvalue weighted by molar-refractivity contribution is 7.93. The second kappa shape index (κ2) is 7.26. The molecule has 0 aromatic carbocycles. The van der Waals surface area contributed by atoms with Crippen LogP contribution < -0.4 is 0 Å². The van der Waals surface area contributed by atoms with Crippen LogP contribution in [0.1, 0.15) is 0 Å². The van der Waals surface area contributed by atoms with E-state index in [4.69, 9.17) is 0 Å². The van der Waals surface area contributed by atoms with Crippen LogP contribution in [0.15, 0.2) is 0 Å². The Balaban J connectivity index is 6.37. The van der Waals surface area contributed by atoms with Gasteiger partial charge in [0.05, 0.1) is 0 Å². The van der Waals surface area contributed by atoms with E-state index in [9.17, 15) is 83.5 Å². The Morgan fingerprint density at radius 1 is 0.633 bits per heavy atom. The third-order valence-corrected chi connectivity index (χ3v) is 4.41. The quantitative estimate of drug-likeness (QED) is 0.483. The van der Waals surface area contributed by atoms with Crippen LogP contribution in [0.5, 0.6) is 0 Å². The zero-order valence-corrected chi connectivity index (χ0v) is 13.6. The van der Waals surface area contributed by atoms with Crippen LogP contribution in [0.2, 0.25) is 0 Å². The summed E-state index contributed by atoms with van der Waals surface area (Å²) in [5.41, 5.74) is 0. The van der Waals surface area contributed by atoms with Crippen molar-refractivity contribution >= 4 is 15.6 Å². The lowest BCUT2D eigenvalue weighted by molar-refractivity contribution is -0.472. The van der Waals surface area contributed by atoms with Gasteiger partial charge in [0.2, 0.25) is 15.6 Å². The molecule has 0 saturated heterocycles. The fraction of sp³-hybridized carbons (Fsp3) is 0.889. The second-order valence-electron chi connectivity index (χ2n) is 4.98. The predicted molar refractivity (Wildman–Crippen MR) is 56.7 cm³/mol. The maximum Gasteiger partial charge on any atom is 0.469 e. The van der Waals surface area contributed by atoms with Crippen LogP contribution in [0.3, 0.4) is 0 Å². The Morgan fingerprint density at radius 3 is 1.27 bits per heavy atom. The summed E-state index contributed by atoms with van der Waals surface area (Å²) in [6, 6.07) is 0. The van der Waals surface area contributed by atoms with Gasteiger partial charge in [-0.05, 0) is 0 Å². The molecule has 180 valence electrons. The lowest BCUT2D eigenvalue weighted by atomic mass is 10.2. The Kier molecular flexibility index (Phi) is 6.89. The molecule has 0 aromatic heterocycles. The molecular weight excluding hydrogens is 508 g/mol. The van der Waals surface area contributed by atoms with Crippen molar-refractivity contribution in [2.24, 2.45) is 0 Å². The van der Waals surface area contributed by atoms with Crippen molar-refractivity contribution in [2.45, 2.75) is 41.7 Å². The minimum Gasteiger partial charge on any atom is -0.292 e. The van der Waals surface area contributed by atoms with E-state index >= 15 is 0 Å². The van der Waals surface area contributed by atoms with Crippen molar-refractivity contribution in [1.82, 2.24) is 0 Å². The summed E-state index contributed by atoms with van der Waals surface area (Å²) in [5.74, 6) is -23.2. The number of halogens is 16. The number of alkyl halides is 16. The van der Waals surface area contributed by atoms with Gasteiger partial charge in [0.1, 0.15) is 5.75 Å². The first-order chi connectivity index (χ1) is 12.6. The molecule has 1 unspecified atom stereocenters. The molecule has 0 aliphatic rings. The minimum atomic E-state index is -7.68. The van der Waals surface area contributed by atoms with E-state index < -0.39 is 63.0 Å². The monoisotopic (exact) mass is 510 g/mol. The summed E-state index contributed by atoms with van der Waals surface area (Å²) in [6.07, 6.45) is -29.7. The Morgan fingerprint density at radius 2 is 1.00 bits per heavy atom. The molecule has 30 heavy (non-hydrogen) atoms. The number of rotatable bonds is 7. The van der Waals surface area contributed by atoms with Gasteiger partial charge in [-0.25, -0.2) is 8.42 Å². The van der Waals surface area contributed by atoms with Gasteiger partial charge in [-0.15, -0.1) is 0 Å². The van der Waals surface area contributed by atoms with Crippen LogP contribution in [0.4, 0.5) is 70.2 Å². The number of ketones is 1. The summed E-state index contributed by atoms with van der Waals surface area (Å²) >= 11 is 0. The fourth-order valence-electron chi connectivity index (χ4n) is 1.21. The zero-order valence-electron chi connectivity index (χ0n) is 12.8. The smallest absolute Gasteiger partial charge is 0.292 e. The van der Waals surface area contributed by atoms with E-state index in [2.05, 4.69) is 0 Å². The maximum atomic E-state index is 13.7. The van der Waals surface area contributed by atoms with Gasteiger partial charge < -0.3 is 0 Å². The standard InChI is InChI=1S/C9H2F16O4S/c10-3(5(13,14)15,29-8(22,23)4(11,12)6(16,17)18)2(26)1-30(27,28)9(24,25)7(19,20)21/h1H2. The number of carbonyl (C=O) groups is 1. The lowest BCUT2D eigenvalue weighted by Crippen LogP contribution is -2.62. The topological polar surface area (TPSA) is 60.4 Å². The SMILES string of the molecule is O=C(CS(=O)(=O)C(F)(F)C(F)(F)F)C(F)(OC(F)(F)C(F)(F)C(F)(F)F)C(F)(F)F. The first-order valence-electron chi connectivity index (χ1n) is 6.07. The van der Waals surface area contributed by atoms with Crippen LogP contribution in [-0.4, -0.2) is 61.6 Å². The third kappa shape index (κ3) is 4.69. The van der Waals surface area contributed by atoms with Gasteiger partial charge in [-0.3, -0.25) is 9.53 Å². The Labute approximate surface area is 152 Å². The van der Waals surface area contributed by atoms with Gasteiger partial charge in [0, 0.05) is 0 Å². The molecule has 0 aliphatic carbocycles. The molecule has 21 heteroatoms. The summed E-state index contributed by atoms with van der Waals surface area (Å²) in [6.45, 7) is 0. The average Bonchev–Trinajstić information content (AvgIpc) is 2.41. The minimum absolute atomic E-state index is 1.55.